The summed E-state index contributed by atoms with van der Waals surface area (Å²) in [5.41, 5.74) is 0.226. The highest BCUT2D eigenvalue weighted by atomic mass is 19.4. The van der Waals surface area contributed by atoms with Gasteiger partial charge in [-0.2, -0.15) is 13.2 Å². The van der Waals surface area contributed by atoms with Crippen LogP contribution in [-0.4, -0.2) is 32.1 Å². The molecule has 10 heteroatoms. The lowest BCUT2D eigenvalue weighted by molar-refractivity contribution is -0.155. The molecule has 1 N–H and O–H groups in total. The van der Waals surface area contributed by atoms with Crippen molar-refractivity contribution in [1.29, 1.82) is 0 Å². The molecular formula is C17H13F4N5O. The van der Waals surface area contributed by atoms with Gasteiger partial charge in [0.25, 0.3) is 5.91 Å². The highest BCUT2D eigenvalue weighted by Gasteiger charge is 2.42. The Hall–Kier alpha value is -3.30. The minimum absolute atomic E-state index is 0.186. The Kier molecular flexibility index (Phi) is 5.15. The molecule has 0 saturated heterocycles. The molecule has 2 aromatic heterocycles. The van der Waals surface area contributed by atoms with Crippen molar-refractivity contribution < 1.29 is 22.4 Å². The number of alkyl halides is 3. The fourth-order valence-electron chi connectivity index (χ4n) is 2.36. The molecule has 1 atom stereocenters. The normalized spacial score (nSPS) is 12.6. The van der Waals surface area contributed by atoms with Crippen LogP contribution >= 0.6 is 0 Å². The lowest BCUT2D eigenvalue weighted by atomic mass is 10.1. The summed E-state index contributed by atoms with van der Waals surface area (Å²) in [7, 11) is 0. The molecule has 0 saturated carbocycles. The number of pyridine rings is 1. The van der Waals surface area contributed by atoms with E-state index >= 15 is 0 Å². The van der Waals surface area contributed by atoms with Gasteiger partial charge in [0.15, 0.2) is 11.7 Å². The molecule has 6 nitrogen and oxygen atoms in total. The molecule has 0 aliphatic carbocycles. The van der Waals surface area contributed by atoms with Crippen LogP contribution in [0.5, 0.6) is 0 Å². The quantitative estimate of drug-likeness (QED) is 0.692. The highest BCUT2D eigenvalue weighted by Crippen LogP contribution is 2.32. The van der Waals surface area contributed by atoms with E-state index in [0.29, 0.717) is 5.56 Å². The third kappa shape index (κ3) is 4.66. The fraction of sp³-hybridized carbons (Fsp3) is 0.176. The molecule has 2 heterocycles. The van der Waals surface area contributed by atoms with Crippen LogP contribution in [0.1, 0.15) is 27.7 Å². The molecule has 0 radical (unpaired) electrons. The minimum atomic E-state index is -4.71. The van der Waals surface area contributed by atoms with Gasteiger partial charge in [0, 0.05) is 18.0 Å². The second-order valence-corrected chi connectivity index (χ2v) is 5.66. The molecule has 140 valence electrons. The first-order valence-corrected chi connectivity index (χ1v) is 7.75. The minimum Gasteiger partial charge on any atom is -0.335 e. The summed E-state index contributed by atoms with van der Waals surface area (Å²) in [5, 5.41) is 9.22. The second-order valence-electron chi connectivity index (χ2n) is 5.66. The van der Waals surface area contributed by atoms with Crippen LogP contribution in [0.4, 0.5) is 17.6 Å². The number of aromatic nitrogens is 4. The number of hydrogen-bond donors (Lipinski definition) is 1. The molecular weight excluding hydrogens is 366 g/mol. The average molecular weight is 379 g/mol. The van der Waals surface area contributed by atoms with Crippen LogP contribution < -0.4 is 5.32 Å². The maximum absolute atomic E-state index is 13.3. The van der Waals surface area contributed by atoms with Crippen molar-refractivity contribution in [2.24, 2.45) is 0 Å². The number of carbonyl (C=O) groups is 1. The molecule has 0 aliphatic heterocycles. The molecule has 0 bridgehead atoms. The Morgan fingerprint density at radius 2 is 1.93 bits per heavy atom. The van der Waals surface area contributed by atoms with Crippen LogP contribution in [0.2, 0.25) is 0 Å². The number of hydrogen-bond acceptors (Lipinski definition) is 4. The van der Waals surface area contributed by atoms with Gasteiger partial charge in [0.05, 0.1) is 12.7 Å². The molecule has 1 aromatic carbocycles. The maximum Gasteiger partial charge on any atom is 0.412 e. The first kappa shape index (κ1) is 18.5. The van der Waals surface area contributed by atoms with Crippen molar-refractivity contribution in [2.75, 3.05) is 0 Å². The topological polar surface area (TPSA) is 72.7 Å². The van der Waals surface area contributed by atoms with Crippen molar-refractivity contribution >= 4 is 5.91 Å². The monoisotopic (exact) mass is 379 g/mol. The van der Waals surface area contributed by atoms with Gasteiger partial charge in [-0.25, -0.2) is 9.07 Å². The highest BCUT2D eigenvalue weighted by molar-refractivity contribution is 5.92. The summed E-state index contributed by atoms with van der Waals surface area (Å²) in [6, 6.07) is 5.93. The summed E-state index contributed by atoms with van der Waals surface area (Å²) < 4.78 is 54.1. The van der Waals surface area contributed by atoms with Crippen LogP contribution in [-0.2, 0) is 6.54 Å². The first-order valence-electron chi connectivity index (χ1n) is 7.75. The van der Waals surface area contributed by atoms with E-state index < -0.39 is 23.9 Å². The lowest BCUT2D eigenvalue weighted by Crippen LogP contribution is -2.38. The summed E-state index contributed by atoms with van der Waals surface area (Å²) in [5.74, 6) is -1.42. The van der Waals surface area contributed by atoms with E-state index in [-0.39, 0.29) is 17.8 Å². The van der Waals surface area contributed by atoms with Gasteiger partial charge in [-0.1, -0.05) is 23.4 Å². The van der Waals surface area contributed by atoms with Gasteiger partial charge in [-0.3, -0.25) is 9.78 Å². The summed E-state index contributed by atoms with van der Waals surface area (Å²) in [6.07, 6.45) is -1.12. The number of carbonyl (C=O) groups excluding carboxylic acids is 1. The zero-order valence-corrected chi connectivity index (χ0v) is 13.7. The summed E-state index contributed by atoms with van der Waals surface area (Å²) in [4.78, 5) is 15.8. The zero-order chi connectivity index (χ0) is 19.4. The van der Waals surface area contributed by atoms with Gasteiger partial charge in [0.2, 0.25) is 0 Å². The SMILES string of the molecule is O=C(N[C@H](c1cccnc1)C(F)(F)F)c1cn(Cc2ccc(F)cc2)nn1. The van der Waals surface area contributed by atoms with Crippen molar-refractivity contribution in [1.82, 2.24) is 25.3 Å². The molecule has 3 rings (SSSR count). The van der Waals surface area contributed by atoms with E-state index in [1.807, 2.05) is 5.32 Å². The lowest BCUT2D eigenvalue weighted by Gasteiger charge is -2.21. The number of halogens is 4. The number of rotatable bonds is 5. The first-order chi connectivity index (χ1) is 12.8. The third-order valence-electron chi connectivity index (χ3n) is 3.65. The van der Waals surface area contributed by atoms with Crippen LogP contribution in [0.3, 0.4) is 0 Å². The average Bonchev–Trinajstić information content (AvgIpc) is 3.10. The fourth-order valence-corrected chi connectivity index (χ4v) is 2.36. The zero-order valence-electron chi connectivity index (χ0n) is 13.7. The van der Waals surface area contributed by atoms with Gasteiger partial charge in [-0.05, 0) is 23.8 Å². The number of amides is 1. The number of nitrogens with one attached hydrogen (secondary N) is 1. The molecule has 27 heavy (non-hydrogen) atoms. The van der Waals surface area contributed by atoms with Crippen molar-refractivity contribution in [3.8, 4) is 0 Å². The third-order valence-corrected chi connectivity index (χ3v) is 3.65. The molecule has 0 aliphatic rings. The van der Waals surface area contributed by atoms with E-state index in [1.165, 1.54) is 53.5 Å². The van der Waals surface area contributed by atoms with E-state index in [0.717, 1.165) is 6.20 Å². The van der Waals surface area contributed by atoms with Gasteiger partial charge >= 0.3 is 6.18 Å². The second kappa shape index (κ2) is 7.52. The molecule has 1 amide bonds. The Balaban J connectivity index is 1.73. The van der Waals surface area contributed by atoms with Crippen molar-refractivity contribution in [2.45, 2.75) is 18.8 Å². The Morgan fingerprint density at radius 3 is 2.56 bits per heavy atom. The van der Waals surface area contributed by atoms with Crippen molar-refractivity contribution in [3.05, 3.63) is 77.6 Å². The Bertz CT molecular complexity index is 909. The molecule has 3 aromatic rings. The van der Waals surface area contributed by atoms with E-state index in [2.05, 4.69) is 15.3 Å². The van der Waals surface area contributed by atoms with E-state index in [1.54, 1.807) is 0 Å². The number of nitrogens with zero attached hydrogens (tertiary/aromatic N) is 4. The predicted molar refractivity (Wildman–Crippen MR) is 86.0 cm³/mol. The smallest absolute Gasteiger partial charge is 0.335 e. The van der Waals surface area contributed by atoms with E-state index in [4.69, 9.17) is 0 Å². The maximum atomic E-state index is 13.3. The number of benzene rings is 1. The predicted octanol–water partition coefficient (Wildman–Crippen LogP) is 2.89. The van der Waals surface area contributed by atoms with Gasteiger partial charge in [0.1, 0.15) is 5.82 Å². The molecule has 0 spiro atoms. The summed E-state index contributed by atoms with van der Waals surface area (Å²) in [6.45, 7) is 0.186. The molecule has 0 fully saturated rings. The van der Waals surface area contributed by atoms with Crippen LogP contribution in [0.15, 0.2) is 55.0 Å². The van der Waals surface area contributed by atoms with Crippen molar-refractivity contribution in [3.63, 3.8) is 0 Å². The van der Waals surface area contributed by atoms with Gasteiger partial charge in [-0.15, -0.1) is 5.10 Å². The standard InChI is InChI=1S/C17H13F4N5O/c18-13-5-3-11(4-6-13)9-26-10-14(24-25-26)16(27)23-15(17(19,20)21)12-2-1-7-22-8-12/h1-8,10,15H,9H2,(H,23,27)/t15-/m1/s1. The largest absolute Gasteiger partial charge is 0.412 e. The Labute approximate surface area is 150 Å². The van der Waals surface area contributed by atoms with E-state index in [9.17, 15) is 22.4 Å². The molecule has 0 unspecified atom stereocenters. The Morgan fingerprint density at radius 1 is 1.19 bits per heavy atom. The van der Waals surface area contributed by atoms with Crippen LogP contribution in [0.25, 0.3) is 0 Å². The summed E-state index contributed by atoms with van der Waals surface area (Å²) >= 11 is 0. The van der Waals surface area contributed by atoms with Gasteiger partial charge < -0.3 is 5.32 Å². The van der Waals surface area contributed by atoms with Crippen LogP contribution in [0, 0.1) is 5.82 Å².